The van der Waals surface area contributed by atoms with Crippen LogP contribution in [0.4, 0.5) is 0 Å². The Balaban J connectivity index is 1.83. The molecule has 0 amide bonds. The van der Waals surface area contributed by atoms with Crippen LogP contribution in [0.2, 0.25) is 0 Å². The summed E-state index contributed by atoms with van der Waals surface area (Å²) < 4.78 is 7.50. The SMILES string of the molecule is CC(C)n1ccc(CC(N)c2coc3ccccc23)n1. The van der Waals surface area contributed by atoms with Gasteiger partial charge in [-0.3, -0.25) is 4.68 Å². The zero-order valence-corrected chi connectivity index (χ0v) is 11.8. The third kappa shape index (κ3) is 2.34. The van der Waals surface area contributed by atoms with Crippen LogP contribution in [0.15, 0.2) is 47.2 Å². The minimum atomic E-state index is -0.103. The molecule has 0 fully saturated rings. The van der Waals surface area contributed by atoms with Crippen molar-refractivity contribution in [3.8, 4) is 0 Å². The third-order valence-corrected chi connectivity index (χ3v) is 3.53. The van der Waals surface area contributed by atoms with Crippen LogP contribution in [0.25, 0.3) is 11.0 Å². The average Bonchev–Trinajstić information content (AvgIpc) is 3.04. The fourth-order valence-corrected chi connectivity index (χ4v) is 2.39. The summed E-state index contributed by atoms with van der Waals surface area (Å²) in [4.78, 5) is 0. The van der Waals surface area contributed by atoms with E-state index in [1.165, 1.54) is 0 Å². The first-order valence-electron chi connectivity index (χ1n) is 6.91. The van der Waals surface area contributed by atoms with Crippen LogP contribution in [0.1, 0.15) is 37.2 Å². The van der Waals surface area contributed by atoms with Crippen molar-refractivity contribution in [1.29, 1.82) is 0 Å². The highest BCUT2D eigenvalue weighted by atomic mass is 16.3. The summed E-state index contributed by atoms with van der Waals surface area (Å²) in [5.74, 6) is 0. The van der Waals surface area contributed by atoms with Crippen molar-refractivity contribution < 1.29 is 4.42 Å². The molecule has 0 aliphatic carbocycles. The van der Waals surface area contributed by atoms with E-state index in [2.05, 4.69) is 18.9 Å². The average molecular weight is 269 g/mol. The number of para-hydroxylation sites is 1. The standard InChI is InChI=1S/C16H19N3O/c1-11(2)19-8-7-12(18-19)9-15(17)14-10-20-16-6-4-3-5-13(14)16/h3-8,10-11,15H,9,17H2,1-2H3. The minimum absolute atomic E-state index is 0.103. The first-order valence-corrected chi connectivity index (χ1v) is 6.91. The molecular formula is C16H19N3O. The molecular weight excluding hydrogens is 250 g/mol. The number of hydrogen-bond donors (Lipinski definition) is 1. The summed E-state index contributed by atoms with van der Waals surface area (Å²) >= 11 is 0. The van der Waals surface area contributed by atoms with E-state index in [4.69, 9.17) is 10.2 Å². The maximum absolute atomic E-state index is 6.31. The van der Waals surface area contributed by atoms with E-state index in [-0.39, 0.29) is 6.04 Å². The van der Waals surface area contributed by atoms with Crippen LogP contribution in [-0.4, -0.2) is 9.78 Å². The molecule has 4 heteroatoms. The lowest BCUT2D eigenvalue weighted by atomic mass is 10.0. The fraction of sp³-hybridized carbons (Fsp3) is 0.312. The first-order chi connectivity index (χ1) is 9.65. The van der Waals surface area contributed by atoms with Crippen LogP contribution < -0.4 is 5.73 Å². The van der Waals surface area contributed by atoms with Gasteiger partial charge in [0, 0.05) is 35.7 Å². The smallest absolute Gasteiger partial charge is 0.134 e. The van der Waals surface area contributed by atoms with Gasteiger partial charge in [0.15, 0.2) is 0 Å². The van der Waals surface area contributed by atoms with Gasteiger partial charge in [0.05, 0.1) is 12.0 Å². The summed E-state index contributed by atoms with van der Waals surface area (Å²) in [6.45, 7) is 4.22. The number of rotatable bonds is 4. The molecule has 3 aromatic rings. The van der Waals surface area contributed by atoms with Crippen molar-refractivity contribution >= 4 is 11.0 Å². The fourth-order valence-electron chi connectivity index (χ4n) is 2.39. The van der Waals surface area contributed by atoms with Gasteiger partial charge in [0.2, 0.25) is 0 Å². The number of aromatic nitrogens is 2. The number of furan rings is 1. The van der Waals surface area contributed by atoms with Crippen molar-refractivity contribution in [2.45, 2.75) is 32.4 Å². The van der Waals surface area contributed by atoms with E-state index in [0.717, 1.165) is 22.2 Å². The molecule has 1 unspecified atom stereocenters. The van der Waals surface area contributed by atoms with E-state index in [0.29, 0.717) is 12.5 Å². The van der Waals surface area contributed by atoms with E-state index in [1.807, 2.05) is 41.2 Å². The van der Waals surface area contributed by atoms with Crippen molar-refractivity contribution in [2.75, 3.05) is 0 Å². The Morgan fingerprint density at radius 1 is 1.25 bits per heavy atom. The first kappa shape index (κ1) is 12.9. The number of nitrogens with zero attached hydrogens (tertiary/aromatic N) is 2. The summed E-state index contributed by atoms with van der Waals surface area (Å²) in [7, 11) is 0. The second-order valence-corrected chi connectivity index (χ2v) is 5.38. The summed E-state index contributed by atoms with van der Waals surface area (Å²) in [6, 6.07) is 10.3. The normalized spacial score (nSPS) is 13.2. The molecule has 0 spiro atoms. The Labute approximate surface area is 118 Å². The predicted molar refractivity (Wildman–Crippen MR) is 79.5 cm³/mol. The topological polar surface area (TPSA) is 57.0 Å². The van der Waals surface area contributed by atoms with Crippen molar-refractivity contribution in [3.63, 3.8) is 0 Å². The highest BCUT2D eigenvalue weighted by Gasteiger charge is 2.15. The van der Waals surface area contributed by atoms with E-state index < -0.39 is 0 Å². The molecule has 0 radical (unpaired) electrons. The zero-order chi connectivity index (χ0) is 14.1. The largest absolute Gasteiger partial charge is 0.464 e. The minimum Gasteiger partial charge on any atom is -0.464 e. The molecule has 104 valence electrons. The van der Waals surface area contributed by atoms with Crippen LogP contribution in [0.5, 0.6) is 0 Å². The van der Waals surface area contributed by atoms with E-state index >= 15 is 0 Å². The molecule has 0 aliphatic heterocycles. The second-order valence-electron chi connectivity index (χ2n) is 5.38. The lowest BCUT2D eigenvalue weighted by molar-refractivity contribution is 0.522. The third-order valence-electron chi connectivity index (χ3n) is 3.53. The van der Waals surface area contributed by atoms with Gasteiger partial charge in [-0.05, 0) is 26.0 Å². The van der Waals surface area contributed by atoms with Gasteiger partial charge >= 0.3 is 0 Å². The lowest BCUT2D eigenvalue weighted by Gasteiger charge is -2.08. The maximum atomic E-state index is 6.31. The molecule has 0 saturated carbocycles. The van der Waals surface area contributed by atoms with E-state index in [9.17, 15) is 0 Å². The maximum Gasteiger partial charge on any atom is 0.134 e. The Bertz CT molecular complexity index is 711. The lowest BCUT2D eigenvalue weighted by Crippen LogP contribution is -2.13. The van der Waals surface area contributed by atoms with Gasteiger partial charge in [-0.1, -0.05) is 18.2 Å². The molecule has 3 rings (SSSR count). The highest BCUT2D eigenvalue weighted by Crippen LogP contribution is 2.26. The number of nitrogens with two attached hydrogens (primary N) is 1. The van der Waals surface area contributed by atoms with Crippen LogP contribution >= 0.6 is 0 Å². The quantitative estimate of drug-likeness (QED) is 0.789. The van der Waals surface area contributed by atoms with Crippen LogP contribution in [-0.2, 0) is 6.42 Å². The molecule has 0 aliphatic rings. The predicted octanol–water partition coefficient (Wildman–Crippen LogP) is 3.45. The number of hydrogen-bond acceptors (Lipinski definition) is 3. The summed E-state index contributed by atoms with van der Waals surface area (Å²) in [5, 5.41) is 5.63. The molecule has 1 aromatic carbocycles. The van der Waals surface area contributed by atoms with Crippen molar-refractivity contribution in [1.82, 2.24) is 9.78 Å². The van der Waals surface area contributed by atoms with Gasteiger partial charge in [-0.2, -0.15) is 5.10 Å². The molecule has 2 aromatic heterocycles. The van der Waals surface area contributed by atoms with Gasteiger partial charge in [0.25, 0.3) is 0 Å². The summed E-state index contributed by atoms with van der Waals surface area (Å²) in [5.41, 5.74) is 9.25. The van der Waals surface area contributed by atoms with Gasteiger partial charge in [0.1, 0.15) is 5.58 Å². The van der Waals surface area contributed by atoms with Crippen molar-refractivity contribution in [2.24, 2.45) is 5.73 Å². The van der Waals surface area contributed by atoms with Crippen molar-refractivity contribution in [3.05, 3.63) is 54.0 Å². The molecule has 0 saturated heterocycles. The Kier molecular flexibility index (Phi) is 3.32. The molecule has 2 N–H and O–H groups in total. The molecule has 1 atom stereocenters. The zero-order valence-electron chi connectivity index (χ0n) is 11.8. The number of fused-ring (bicyclic) bond motifs is 1. The Hall–Kier alpha value is -2.07. The number of benzene rings is 1. The Morgan fingerprint density at radius 2 is 2.05 bits per heavy atom. The highest BCUT2D eigenvalue weighted by molar-refractivity contribution is 5.81. The van der Waals surface area contributed by atoms with Crippen LogP contribution in [0, 0.1) is 0 Å². The van der Waals surface area contributed by atoms with E-state index in [1.54, 1.807) is 6.26 Å². The van der Waals surface area contributed by atoms with Crippen LogP contribution in [0.3, 0.4) is 0 Å². The summed E-state index contributed by atoms with van der Waals surface area (Å²) in [6.07, 6.45) is 4.47. The monoisotopic (exact) mass is 269 g/mol. The molecule has 4 nitrogen and oxygen atoms in total. The van der Waals surface area contributed by atoms with Gasteiger partial charge in [-0.15, -0.1) is 0 Å². The van der Waals surface area contributed by atoms with Gasteiger partial charge < -0.3 is 10.2 Å². The Morgan fingerprint density at radius 3 is 2.80 bits per heavy atom. The van der Waals surface area contributed by atoms with Gasteiger partial charge in [-0.25, -0.2) is 0 Å². The molecule has 20 heavy (non-hydrogen) atoms. The molecule has 0 bridgehead atoms. The second kappa shape index (κ2) is 5.13. The molecule has 2 heterocycles.